The van der Waals surface area contributed by atoms with Gasteiger partial charge in [-0.2, -0.15) is 13.2 Å². The van der Waals surface area contributed by atoms with Crippen molar-refractivity contribution in [1.82, 2.24) is 9.97 Å². The zero-order chi connectivity index (χ0) is 18.6. The maximum absolute atomic E-state index is 13.7. The van der Waals surface area contributed by atoms with E-state index in [1.54, 1.807) is 0 Å². The number of alkyl halides is 3. The summed E-state index contributed by atoms with van der Waals surface area (Å²) in [5.41, 5.74) is 6.70. The Balaban J connectivity index is 1.86. The van der Waals surface area contributed by atoms with E-state index < -0.39 is 11.7 Å². The smallest absolute Gasteiger partial charge is 0.397 e. The molecule has 0 fully saturated rings. The molecule has 0 amide bonds. The fraction of sp³-hybridized carbons (Fsp3) is 0.353. The van der Waals surface area contributed by atoms with Gasteiger partial charge in [0.05, 0.1) is 22.5 Å². The van der Waals surface area contributed by atoms with Crippen molar-refractivity contribution >= 4 is 44.4 Å². The quantitative estimate of drug-likeness (QED) is 0.657. The van der Waals surface area contributed by atoms with Crippen molar-refractivity contribution in [3.8, 4) is 0 Å². The molecule has 0 saturated heterocycles. The topological polar surface area (TPSA) is 68.9 Å². The molecule has 3 heterocycles. The number of hydrogen-bond donors (Lipinski definition) is 1. The lowest BCUT2D eigenvalue weighted by Gasteiger charge is -2.13. The number of aromatic nitrogens is 2. The molecular formula is C17H14F3N3OS2. The molecule has 0 radical (unpaired) electrons. The highest BCUT2D eigenvalue weighted by Crippen LogP contribution is 2.46. The summed E-state index contributed by atoms with van der Waals surface area (Å²) < 4.78 is 41.2. The lowest BCUT2D eigenvalue weighted by atomic mass is 10.0. The van der Waals surface area contributed by atoms with E-state index >= 15 is 0 Å². The predicted octanol–water partition coefficient (Wildman–Crippen LogP) is 4.58. The van der Waals surface area contributed by atoms with Crippen LogP contribution in [0.15, 0.2) is 5.38 Å². The van der Waals surface area contributed by atoms with Crippen LogP contribution in [0.25, 0.3) is 10.2 Å². The number of ketones is 1. The van der Waals surface area contributed by atoms with Crippen molar-refractivity contribution in [2.45, 2.75) is 38.8 Å². The van der Waals surface area contributed by atoms with Crippen molar-refractivity contribution in [2.24, 2.45) is 0 Å². The first-order valence-corrected chi connectivity index (χ1v) is 9.70. The number of pyridine rings is 1. The SMILES string of the molecule is Cc1csc(CC(=O)c2sc3nc4c(c(C(F)(F)F)c3c2N)CCC4)n1. The number of rotatable bonds is 3. The van der Waals surface area contributed by atoms with E-state index in [2.05, 4.69) is 9.97 Å². The van der Waals surface area contributed by atoms with E-state index in [1.807, 2.05) is 12.3 Å². The molecule has 3 aromatic heterocycles. The molecule has 0 atom stereocenters. The first-order chi connectivity index (χ1) is 12.3. The molecule has 1 aliphatic rings. The molecule has 1 aliphatic carbocycles. The van der Waals surface area contributed by atoms with Gasteiger partial charge in [0.25, 0.3) is 0 Å². The van der Waals surface area contributed by atoms with Crippen molar-refractivity contribution in [1.29, 1.82) is 0 Å². The summed E-state index contributed by atoms with van der Waals surface area (Å²) in [5.74, 6) is -0.326. The fourth-order valence-corrected chi connectivity index (χ4v) is 5.20. The Kier molecular flexibility index (Phi) is 4.03. The molecule has 2 N–H and O–H groups in total. The molecule has 0 unspecified atom stereocenters. The van der Waals surface area contributed by atoms with Crippen molar-refractivity contribution in [3.05, 3.63) is 37.8 Å². The van der Waals surface area contributed by atoms with Gasteiger partial charge in [-0.15, -0.1) is 22.7 Å². The fourth-order valence-electron chi connectivity index (χ4n) is 3.37. The number of nitrogen functional groups attached to an aromatic ring is 1. The second kappa shape index (κ2) is 6.02. The molecule has 9 heteroatoms. The number of thiophene rings is 1. The molecule has 0 aromatic carbocycles. The van der Waals surface area contributed by atoms with Gasteiger partial charge >= 0.3 is 6.18 Å². The molecule has 4 nitrogen and oxygen atoms in total. The van der Waals surface area contributed by atoms with E-state index in [9.17, 15) is 18.0 Å². The number of thiazole rings is 1. The van der Waals surface area contributed by atoms with Crippen LogP contribution in [-0.2, 0) is 25.4 Å². The Hall–Kier alpha value is -2.00. The van der Waals surface area contributed by atoms with E-state index in [-0.39, 0.29) is 38.5 Å². The van der Waals surface area contributed by atoms with Gasteiger partial charge in [-0.05, 0) is 31.7 Å². The van der Waals surface area contributed by atoms with Gasteiger partial charge in [-0.3, -0.25) is 4.79 Å². The van der Waals surface area contributed by atoms with E-state index in [0.29, 0.717) is 30.0 Å². The number of halogens is 3. The highest BCUT2D eigenvalue weighted by atomic mass is 32.1. The summed E-state index contributed by atoms with van der Waals surface area (Å²) >= 11 is 2.29. The molecule has 0 spiro atoms. The zero-order valence-corrected chi connectivity index (χ0v) is 15.4. The first-order valence-electron chi connectivity index (χ1n) is 8.01. The van der Waals surface area contributed by atoms with Crippen LogP contribution in [0.2, 0.25) is 0 Å². The maximum atomic E-state index is 13.7. The van der Waals surface area contributed by atoms with Crippen molar-refractivity contribution < 1.29 is 18.0 Å². The minimum Gasteiger partial charge on any atom is -0.397 e. The number of carbonyl (C=O) groups is 1. The van der Waals surface area contributed by atoms with Gasteiger partial charge in [-0.1, -0.05) is 0 Å². The highest BCUT2D eigenvalue weighted by molar-refractivity contribution is 7.21. The molecule has 4 rings (SSSR count). The summed E-state index contributed by atoms with van der Waals surface area (Å²) in [6.07, 6.45) is -3.00. The number of aryl methyl sites for hydroxylation is 2. The molecule has 0 saturated carbocycles. The Morgan fingerprint density at radius 1 is 1.31 bits per heavy atom. The van der Waals surface area contributed by atoms with Gasteiger partial charge in [-0.25, -0.2) is 9.97 Å². The summed E-state index contributed by atoms with van der Waals surface area (Å²) in [5, 5.41) is 2.32. The van der Waals surface area contributed by atoms with E-state index in [0.717, 1.165) is 17.0 Å². The molecular weight excluding hydrogens is 383 g/mol. The third kappa shape index (κ3) is 2.79. The van der Waals surface area contributed by atoms with E-state index in [1.165, 1.54) is 11.3 Å². The highest BCUT2D eigenvalue weighted by Gasteiger charge is 2.40. The molecule has 26 heavy (non-hydrogen) atoms. The minimum absolute atomic E-state index is 0.0244. The first kappa shape index (κ1) is 17.4. The van der Waals surface area contributed by atoms with Gasteiger partial charge in [0.1, 0.15) is 9.84 Å². The summed E-state index contributed by atoms with van der Waals surface area (Å²) in [7, 11) is 0. The molecule has 0 bridgehead atoms. The number of Topliss-reactive ketones (excluding diaryl/α,β-unsaturated/α-hetero) is 1. The lowest BCUT2D eigenvalue weighted by Crippen LogP contribution is -2.12. The lowest BCUT2D eigenvalue weighted by molar-refractivity contribution is -0.136. The third-order valence-corrected chi connectivity index (χ3v) is 6.53. The normalized spacial score (nSPS) is 14.2. The molecule has 136 valence electrons. The maximum Gasteiger partial charge on any atom is 0.417 e. The van der Waals surface area contributed by atoms with Gasteiger partial charge < -0.3 is 5.73 Å². The van der Waals surface area contributed by atoms with Gasteiger partial charge in [0.15, 0.2) is 5.78 Å². The van der Waals surface area contributed by atoms with Crippen molar-refractivity contribution in [2.75, 3.05) is 5.73 Å². The zero-order valence-electron chi connectivity index (χ0n) is 13.7. The number of anilines is 1. The minimum atomic E-state index is -4.53. The second-order valence-corrected chi connectivity index (χ2v) is 8.21. The third-order valence-electron chi connectivity index (χ3n) is 4.42. The largest absolute Gasteiger partial charge is 0.417 e. The number of nitrogens with two attached hydrogens (primary N) is 1. The van der Waals surface area contributed by atoms with E-state index in [4.69, 9.17) is 5.73 Å². The Morgan fingerprint density at radius 3 is 2.73 bits per heavy atom. The van der Waals surface area contributed by atoms with Gasteiger partial charge in [0.2, 0.25) is 0 Å². The standard InChI is InChI=1S/C17H14F3N3OS2/c1-7-6-25-11(22-7)5-10(24)15-14(21)12-13(17(18,19)20)8-3-2-4-9(8)23-16(12)26-15/h6H,2-5,21H2,1H3. The average molecular weight is 397 g/mol. The van der Waals surface area contributed by atoms with Crippen LogP contribution < -0.4 is 5.73 Å². The summed E-state index contributed by atoms with van der Waals surface area (Å²) in [6.45, 7) is 1.82. The summed E-state index contributed by atoms with van der Waals surface area (Å²) in [4.78, 5) is 21.6. The van der Waals surface area contributed by atoms with Crippen molar-refractivity contribution in [3.63, 3.8) is 0 Å². The number of fused-ring (bicyclic) bond motifs is 2. The Bertz CT molecular complexity index is 1040. The summed E-state index contributed by atoms with van der Waals surface area (Å²) in [6, 6.07) is 0. The molecule has 0 aliphatic heterocycles. The van der Waals surface area contributed by atoms with Crippen LogP contribution >= 0.6 is 22.7 Å². The van der Waals surface area contributed by atoms with Crippen LogP contribution in [0.4, 0.5) is 18.9 Å². The number of nitrogens with zero attached hydrogens (tertiary/aromatic N) is 2. The Morgan fingerprint density at radius 2 is 2.08 bits per heavy atom. The number of carbonyl (C=O) groups excluding carboxylic acids is 1. The average Bonchev–Trinajstić information content (AvgIpc) is 3.24. The Labute approximate surface area is 154 Å². The monoisotopic (exact) mass is 397 g/mol. The molecule has 3 aromatic rings. The number of hydrogen-bond acceptors (Lipinski definition) is 6. The predicted molar refractivity (Wildman–Crippen MR) is 95.9 cm³/mol. The second-order valence-electron chi connectivity index (χ2n) is 6.27. The van der Waals surface area contributed by atoms with Crippen LogP contribution in [-0.4, -0.2) is 15.8 Å². The van der Waals surface area contributed by atoms with Crippen LogP contribution in [0.1, 0.15) is 43.6 Å². The van der Waals surface area contributed by atoms with Crippen LogP contribution in [0, 0.1) is 6.92 Å². The van der Waals surface area contributed by atoms with Crippen LogP contribution in [0.5, 0.6) is 0 Å². The van der Waals surface area contributed by atoms with Gasteiger partial charge in [0, 0.05) is 22.2 Å². The van der Waals surface area contributed by atoms with Crippen LogP contribution in [0.3, 0.4) is 0 Å².